The molecule has 0 amide bonds. The van der Waals surface area contributed by atoms with Crippen LogP contribution in [-0.4, -0.2) is 25.8 Å². The van der Waals surface area contributed by atoms with Gasteiger partial charge in [0.15, 0.2) is 0 Å². The fourth-order valence-electron chi connectivity index (χ4n) is 2.49. The molecule has 1 aromatic heterocycles. The third-order valence-corrected chi connectivity index (χ3v) is 6.86. The van der Waals surface area contributed by atoms with Gasteiger partial charge in [0.05, 0.1) is 4.90 Å². The van der Waals surface area contributed by atoms with Gasteiger partial charge in [-0.15, -0.1) is 11.3 Å². The fourth-order valence-corrected chi connectivity index (χ4v) is 5.27. The summed E-state index contributed by atoms with van der Waals surface area (Å²) in [5.74, 6) is 0. The van der Waals surface area contributed by atoms with Crippen LogP contribution in [0.5, 0.6) is 0 Å². The highest BCUT2D eigenvalue weighted by Crippen LogP contribution is 2.33. The highest BCUT2D eigenvalue weighted by atomic mass is 32.2. The van der Waals surface area contributed by atoms with Crippen molar-refractivity contribution in [2.75, 3.05) is 13.1 Å². The van der Waals surface area contributed by atoms with Crippen molar-refractivity contribution in [3.05, 3.63) is 16.3 Å². The Hall–Kier alpha value is -0.430. The van der Waals surface area contributed by atoms with E-state index in [-0.39, 0.29) is 12.0 Å². The first-order valence-electron chi connectivity index (χ1n) is 6.63. The normalized spacial score (nSPS) is 21.2. The molecule has 2 rings (SSSR count). The van der Waals surface area contributed by atoms with Crippen LogP contribution in [0, 0.1) is 5.41 Å². The molecule has 0 unspecified atom stereocenters. The maximum Gasteiger partial charge on any atom is 0.244 e. The van der Waals surface area contributed by atoms with E-state index in [0.29, 0.717) is 18.0 Å². The molecule has 0 aromatic carbocycles. The first kappa shape index (κ1) is 15.0. The number of hydrogen-bond acceptors (Lipinski definition) is 4. The Morgan fingerprint density at radius 1 is 1.37 bits per heavy atom. The van der Waals surface area contributed by atoms with Crippen molar-refractivity contribution < 1.29 is 8.42 Å². The van der Waals surface area contributed by atoms with Gasteiger partial charge in [-0.3, -0.25) is 0 Å². The summed E-state index contributed by atoms with van der Waals surface area (Å²) in [4.78, 5) is 1.16. The number of sulfonamides is 1. The largest absolute Gasteiger partial charge is 0.326 e. The lowest BCUT2D eigenvalue weighted by molar-refractivity contribution is 0.315. The van der Waals surface area contributed by atoms with Crippen LogP contribution in [0.4, 0.5) is 0 Å². The lowest BCUT2D eigenvalue weighted by Gasteiger charge is -2.23. The van der Waals surface area contributed by atoms with Crippen LogP contribution >= 0.6 is 11.3 Å². The first-order valence-corrected chi connectivity index (χ1v) is 8.95. The molecule has 0 saturated carbocycles. The molecular formula is C13H22N2O2S2. The van der Waals surface area contributed by atoms with Gasteiger partial charge in [0, 0.05) is 24.5 Å². The highest BCUT2D eigenvalue weighted by Gasteiger charge is 2.31. The summed E-state index contributed by atoms with van der Waals surface area (Å²) >= 11 is 1.41. The van der Waals surface area contributed by atoms with Gasteiger partial charge in [-0.2, -0.15) is 4.31 Å². The third kappa shape index (κ3) is 3.18. The summed E-state index contributed by atoms with van der Waals surface area (Å²) in [7, 11) is -3.37. The van der Waals surface area contributed by atoms with E-state index in [1.54, 1.807) is 15.8 Å². The predicted octanol–water partition coefficient (Wildman–Crippen LogP) is 2.41. The van der Waals surface area contributed by atoms with Gasteiger partial charge in [-0.1, -0.05) is 13.8 Å². The van der Waals surface area contributed by atoms with Crippen LogP contribution in [0.15, 0.2) is 16.3 Å². The number of nitrogens with zero attached hydrogens (tertiary/aromatic N) is 1. The molecule has 1 aliphatic heterocycles. The maximum absolute atomic E-state index is 12.7. The van der Waals surface area contributed by atoms with Crippen molar-refractivity contribution in [2.24, 2.45) is 11.1 Å². The molecule has 0 aliphatic carbocycles. The van der Waals surface area contributed by atoms with Crippen LogP contribution in [0.25, 0.3) is 0 Å². The van der Waals surface area contributed by atoms with Crippen molar-refractivity contribution in [2.45, 2.75) is 44.6 Å². The topological polar surface area (TPSA) is 63.4 Å². The van der Waals surface area contributed by atoms with Crippen molar-refractivity contribution in [1.29, 1.82) is 0 Å². The van der Waals surface area contributed by atoms with E-state index in [1.807, 2.05) is 0 Å². The molecule has 0 radical (unpaired) electrons. The minimum absolute atomic E-state index is 0.232. The number of rotatable bonds is 3. The zero-order valence-electron chi connectivity index (χ0n) is 11.6. The molecule has 1 saturated heterocycles. The van der Waals surface area contributed by atoms with Crippen LogP contribution in [-0.2, 0) is 16.6 Å². The van der Waals surface area contributed by atoms with Gasteiger partial charge in [0.1, 0.15) is 0 Å². The molecule has 0 bridgehead atoms. The minimum atomic E-state index is -3.37. The lowest BCUT2D eigenvalue weighted by atomic mass is 9.85. The molecule has 19 heavy (non-hydrogen) atoms. The van der Waals surface area contributed by atoms with Crippen molar-refractivity contribution in [3.8, 4) is 0 Å². The number of hydrogen-bond donors (Lipinski definition) is 1. The summed E-state index contributed by atoms with van der Waals surface area (Å²) in [5.41, 5.74) is 5.85. The second kappa shape index (κ2) is 5.52. The van der Waals surface area contributed by atoms with E-state index in [0.717, 1.165) is 24.1 Å². The van der Waals surface area contributed by atoms with Gasteiger partial charge in [0.2, 0.25) is 10.0 Å². The quantitative estimate of drug-likeness (QED) is 0.932. The molecule has 1 fully saturated rings. The third-order valence-electron chi connectivity index (χ3n) is 3.81. The summed E-state index contributed by atoms with van der Waals surface area (Å²) < 4.78 is 27.0. The molecular weight excluding hydrogens is 280 g/mol. The van der Waals surface area contributed by atoms with Crippen LogP contribution in [0.2, 0.25) is 0 Å². The van der Waals surface area contributed by atoms with Gasteiger partial charge in [-0.05, 0) is 36.1 Å². The van der Waals surface area contributed by atoms with E-state index in [4.69, 9.17) is 5.73 Å². The molecule has 2 heterocycles. The van der Waals surface area contributed by atoms with E-state index >= 15 is 0 Å². The summed E-state index contributed by atoms with van der Waals surface area (Å²) in [6.45, 7) is 5.92. The van der Waals surface area contributed by atoms with Crippen LogP contribution < -0.4 is 5.73 Å². The molecule has 1 aromatic rings. The maximum atomic E-state index is 12.7. The van der Waals surface area contributed by atoms with Gasteiger partial charge >= 0.3 is 0 Å². The van der Waals surface area contributed by atoms with Gasteiger partial charge in [0.25, 0.3) is 0 Å². The molecule has 0 spiro atoms. The summed E-state index contributed by atoms with van der Waals surface area (Å²) in [6.07, 6.45) is 2.91. The predicted molar refractivity (Wildman–Crippen MR) is 78.6 cm³/mol. The Balaban J connectivity index is 2.25. The zero-order chi connectivity index (χ0) is 14.1. The Morgan fingerprint density at radius 2 is 2.11 bits per heavy atom. The molecule has 0 atom stereocenters. The van der Waals surface area contributed by atoms with Gasteiger partial charge < -0.3 is 5.73 Å². The molecule has 2 N–H and O–H groups in total. The second-order valence-electron chi connectivity index (χ2n) is 5.83. The van der Waals surface area contributed by atoms with Gasteiger partial charge in [-0.25, -0.2) is 8.42 Å². The fraction of sp³-hybridized carbons (Fsp3) is 0.692. The Kier molecular flexibility index (Phi) is 4.35. The first-order chi connectivity index (χ1) is 8.87. The smallest absolute Gasteiger partial charge is 0.244 e. The van der Waals surface area contributed by atoms with E-state index < -0.39 is 10.0 Å². The molecule has 4 nitrogen and oxygen atoms in total. The number of nitrogens with two attached hydrogens (primary N) is 1. The summed E-state index contributed by atoms with van der Waals surface area (Å²) in [6, 6.07) is 1.68. The Bertz CT molecular complexity index is 535. The Labute approximate surface area is 119 Å². The van der Waals surface area contributed by atoms with E-state index in [1.165, 1.54) is 11.3 Å². The monoisotopic (exact) mass is 302 g/mol. The van der Waals surface area contributed by atoms with Crippen LogP contribution in [0.1, 0.15) is 38.0 Å². The van der Waals surface area contributed by atoms with E-state index in [9.17, 15) is 8.42 Å². The average Bonchev–Trinajstić information content (AvgIpc) is 2.74. The number of thiophene rings is 1. The van der Waals surface area contributed by atoms with E-state index in [2.05, 4.69) is 13.8 Å². The lowest BCUT2D eigenvalue weighted by Crippen LogP contribution is -2.32. The van der Waals surface area contributed by atoms with Crippen LogP contribution in [0.3, 0.4) is 0 Å². The average molecular weight is 302 g/mol. The minimum Gasteiger partial charge on any atom is -0.326 e. The van der Waals surface area contributed by atoms with Crippen molar-refractivity contribution in [1.82, 2.24) is 4.31 Å². The second-order valence-corrected chi connectivity index (χ2v) is 8.74. The standard InChI is InChI=1S/C13H22N2O2S2/c1-13(2)5-3-7-15(8-6-13)19(16,17)12-4-9-18-11(12)10-14/h4,9H,3,5-8,10,14H2,1-2H3. The SMILES string of the molecule is CC1(C)CCCN(S(=O)(=O)c2ccsc2CN)CC1. The Morgan fingerprint density at radius 3 is 2.79 bits per heavy atom. The highest BCUT2D eigenvalue weighted by molar-refractivity contribution is 7.89. The summed E-state index contributed by atoms with van der Waals surface area (Å²) in [5, 5.41) is 1.80. The molecule has 1 aliphatic rings. The van der Waals surface area contributed by atoms with Crippen molar-refractivity contribution in [3.63, 3.8) is 0 Å². The van der Waals surface area contributed by atoms with Crippen molar-refractivity contribution >= 4 is 21.4 Å². The molecule has 6 heteroatoms. The zero-order valence-corrected chi connectivity index (χ0v) is 13.2. The molecule has 108 valence electrons.